The predicted molar refractivity (Wildman–Crippen MR) is 125 cm³/mol. The van der Waals surface area contributed by atoms with E-state index in [9.17, 15) is 0 Å². The van der Waals surface area contributed by atoms with Crippen LogP contribution in [-0.4, -0.2) is 13.3 Å². The molecule has 0 amide bonds. The number of aromatic nitrogens is 1. The van der Waals surface area contributed by atoms with E-state index in [1.165, 1.54) is 60.1 Å². The van der Waals surface area contributed by atoms with Crippen molar-refractivity contribution in [3.8, 4) is 22.4 Å². The number of fused-ring (bicyclic) bond motifs is 2. The van der Waals surface area contributed by atoms with Crippen molar-refractivity contribution in [2.75, 3.05) is 0 Å². The zero-order valence-corrected chi connectivity index (χ0v) is 20.0. The summed E-state index contributed by atoms with van der Waals surface area (Å²) in [6.45, 7) is 2.27. The first-order valence-electron chi connectivity index (χ1n) is 11.4. The molecule has 2 heteroatoms. The summed E-state index contributed by atoms with van der Waals surface area (Å²) in [5.74, 6) is 0. The van der Waals surface area contributed by atoms with E-state index >= 15 is 0 Å². The van der Waals surface area contributed by atoms with Gasteiger partial charge in [0.05, 0.1) is 0 Å². The Morgan fingerprint density at radius 2 is 1.55 bits per heavy atom. The second-order valence-electron chi connectivity index (χ2n) is 9.30. The fourth-order valence-corrected chi connectivity index (χ4v) is 17.6. The maximum atomic E-state index is 2.65. The van der Waals surface area contributed by atoms with Gasteiger partial charge in [-0.15, -0.1) is 0 Å². The molecule has 2 aliphatic rings. The molecule has 2 aliphatic heterocycles. The van der Waals surface area contributed by atoms with E-state index in [0.29, 0.717) is 0 Å². The van der Waals surface area contributed by atoms with Crippen LogP contribution < -0.4 is 8.96 Å². The van der Waals surface area contributed by atoms with Gasteiger partial charge in [-0.25, -0.2) is 0 Å². The molecule has 1 spiro atoms. The molecule has 0 radical (unpaired) electrons. The van der Waals surface area contributed by atoms with Crippen LogP contribution in [0.2, 0.25) is 15.8 Å². The monoisotopic (exact) mass is 444 g/mol. The van der Waals surface area contributed by atoms with Crippen molar-refractivity contribution in [3.63, 3.8) is 0 Å². The molecule has 5 rings (SSSR count). The van der Waals surface area contributed by atoms with Crippen molar-refractivity contribution in [2.45, 2.75) is 54.8 Å². The number of pyridine rings is 1. The van der Waals surface area contributed by atoms with Crippen molar-refractivity contribution in [3.05, 3.63) is 71.9 Å². The van der Waals surface area contributed by atoms with Crippen LogP contribution in [0.15, 0.2) is 60.8 Å². The van der Waals surface area contributed by atoms with Gasteiger partial charge in [0.2, 0.25) is 0 Å². The van der Waals surface area contributed by atoms with E-state index in [-0.39, 0.29) is 0 Å². The molecule has 1 nitrogen and oxygen atoms in total. The fourth-order valence-electron chi connectivity index (χ4n) is 5.87. The zero-order chi connectivity index (χ0) is 19.8. The summed E-state index contributed by atoms with van der Waals surface area (Å²) in [5, 5.41) is 4.72. The summed E-state index contributed by atoms with van der Waals surface area (Å²) in [4.78, 5) is 0. The Kier molecular flexibility index (Phi) is 5.11. The number of nitrogens with zero attached hydrogens (tertiary/aromatic N) is 1. The second-order valence-corrected chi connectivity index (χ2v) is 18.9. The van der Waals surface area contributed by atoms with Crippen LogP contribution in [0.4, 0.5) is 0 Å². The van der Waals surface area contributed by atoms with E-state index in [1.807, 2.05) is 4.40 Å². The van der Waals surface area contributed by atoms with Crippen molar-refractivity contribution in [1.82, 2.24) is 0 Å². The fraction of sp³-hybridized carbons (Fsp3) is 0.370. The molecule has 3 heterocycles. The second kappa shape index (κ2) is 7.76. The van der Waals surface area contributed by atoms with E-state index in [0.717, 1.165) is 0 Å². The zero-order valence-electron chi connectivity index (χ0n) is 17.9. The third-order valence-corrected chi connectivity index (χ3v) is 19.1. The minimum atomic E-state index is -1.89. The molecule has 2 aromatic carbocycles. The van der Waals surface area contributed by atoms with Crippen LogP contribution in [0.5, 0.6) is 0 Å². The Morgan fingerprint density at radius 3 is 2.34 bits per heavy atom. The first-order valence-corrected chi connectivity index (χ1v) is 16.9. The molecule has 1 aromatic heterocycles. The standard InChI is InChI=1S/C27H32GeN/c1-21-13-14-23(22-10-5-3-6-11-22)18-25(21)27-19-26-24(20-29(27)2)12-9-17-28(26)15-7-4-8-16-28/h3,5-6,10-11,13-14,18-20H,4,7-9,12,15-17H2,1-2H3/q+1. The Morgan fingerprint density at radius 1 is 0.793 bits per heavy atom. The normalized spacial score (nSPS) is 17.9. The van der Waals surface area contributed by atoms with E-state index in [4.69, 9.17) is 0 Å². The third-order valence-electron chi connectivity index (χ3n) is 7.46. The average Bonchev–Trinajstić information content (AvgIpc) is 2.75. The Balaban J connectivity index is 1.65. The summed E-state index contributed by atoms with van der Waals surface area (Å²) in [7, 11) is 2.25. The van der Waals surface area contributed by atoms with Crippen molar-refractivity contribution < 1.29 is 4.57 Å². The van der Waals surface area contributed by atoms with Crippen LogP contribution in [0.1, 0.15) is 36.8 Å². The molecular formula is C27H32GeN+. The van der Waals surface area contributed by atoms with Crippen LogP contribution in [-0.2, 0) is 13.5 Å². The third kappa shape index (κ3) is 3.48. The SMILES string of the molecule is Cc1ccc(-c2ccccc2)cc1-c1c[c]2c(c[n+]1C)CC[CH2][Ge]21[CH2]CCC[CH2]1. The van der Waals surface area contributed by atoms with E-state index in [2.05, 4.69) is 79.3 Å². The van der Waals surface area contributed by atoms with Crippen molar-refractivity contribution >= 4 is 17.7 Å². The molecule has 0 saturated carbocycles. The Hall–Kier alpha value is -1.87. The summed E-state index contributed by atoms with van der Waals surface area (Å²) in [5.41, 5.74) is 8.49. The van der Waals surface area contributed by atoms with Gasteiger partial charge in [-0.3, -0.25) is 0 Å². The van der Waals surface area contributed by atoms with Crippen LogP contribution in [0, 0.1) is 6.92 Å². The Labute approximate surface area is 178 Å². The number of hydrogen-bond donors (Lipinski definition) is 0. The summed E-state index contributed by atoms with van der Waals surface area (Å²) < 4.78 is 4.26. The van der Waals surface area contributed by atoms with Gasteiger partial charge in [0.1, 0.15) is 0 Å². The first kappa shape index (κ1) is 19.1. The van der Waals surface area contributed by atoms with Gasteiger partial charge in [0.25, 0.3) is 0 Å². The summed E-state index contributed by atoms with van der Waals surface area (Å²) in [6, 6.07) is 20.4. The maximum absolute atomic E-state index is 2.65. The van der Waals surface area contributed by atoms with Gasteiger partial charge in [0.15, 0.2) is 0 Å². The van der Waals surface area contributed by atoms with Crippen molar-refractivity contribution in [1.29, 1.82) is 0 Å². The van der Waals surface area contributed by atoms with Crippen LogP contribution >= 0.6 is 0 Å². The molecule has 1 saturated heterocycles. The quantitative estimate of drug-likeness (QED) is 0.341. The number of benzene rings is 2. The van der Waals surface area contributed by atoms with Gasteiger partial charge < -0.3 is 0 Å². The van der Waals surface area contributed by atoms with Gasteiger partial charge in [-0.05, 0) is 0 Å². The molecule has 1 fully saturated rings. The van der Waals surface area contributed by atoms with Gasteiger partial charge in [0, 0.05) is 0 Å². The molecule has 0 N–H and O–H groups in total. The van der Waals surface area contributed by atoms with Crippen LogP contribution in [0.3, 0.4) is 0 Å². The van der Waals surface area contributed by atoms with Gasteiger partial charge >= 0.3 is 178 Å². The molecule has 0 bridgehead atoms. The molecule has 3 aromatic rings. The first-order chi connectivity index (χ1) is 14.2. The molecular weight excluding hydrogens is 411 g/mol. The van der Waals surface area contributed by atoms with Gasteiger partial charge in [-0.1, -0.05) is 0 Å². The number of aryl methyl sites for hydroxylation is 3. The molecule has 0 unspecified atom stereocenters. The topological polar surface area (TPSA) is 3.88 Å². The number of rotatable bonds is 2. The van der Waals surface area contributed by atoms with Gasteiger partial charge in [-0.2, -0.15) is 0 Å². The summed E-state index contributed by atoms with van der Waals surface area (Å²) >= 11 is -1.89. The predicted octanol–water partition coefficient (Wildman–Crippen LogP) is 5.94. The summed E-state index contributed by atoms with van der Waals surface area (Å²) in [6.07, 6.45) is 9.65. The average molecular weight is 443 g/mol. The molecule has 148 valence electrons. The van der Waals surface area contributed by atoms with E-state index in [1.54, 1.807) is 21.3 Å². The van der Waals surface area contributed by atoms with Crippen molar-refractivity contribution in [2.24, 2.45) is 7.05 Å². The van der Waals surface area contributed by atoms with Crippen LogP contribution in [0.25, 0.3) is 22.4 Å². The number of hydrogen-bond acceptors (Lipinski definition) is 0. The molecule has 0 aliphatic carbocycles. The van der Waals surface area contributed by atoms with E-state index < -0.39 is 13.3 Å². The Bertz CT molecular complexity index is 1030. The minimum absolute atomic E-state index is 1.29. The molecule has 0 atom stereocenters. The molecule has 29 heavy (non-hydrogen) atoms.